The molecule has 0 atom stereocenters. The first-order valence-electron chi connectivity index (χ1n) is 5.32. The molecule has 2 nitrogen and oxygen atoms in total. The maximum atomic E-state index is 8.52. The van der Waals surface area contributed by atoms with E-state index in [4.69, 9.17) is 11.0 Å². The molecule has 2 N–H and O–H groups in total. The smallest absolute Gasteiger partial charge is 0.0933 e. The van der Waals surface area contributed by atoms with Crippen molar-refractivity contribution in [2.75, 3.05) is 0 Å². The third-order valence-corrected chi connectivity index (χ3v) is 2.55. The summed E-state index contributed by atoms with van der Waals surface area (Å²) in [4.78, 5) is 0. The SMILES string of the molecule is N#C/C=C(\N)c1ccc(-c2ccccc2)cc1. The van der Waals surface area contributed by atoms with Gasteiger partial charge in [0, 0.05) is 11.8 Å². The van der Waals surface area contributed by atoms with Gasteiger partial charge in [0.05, 0.1) is 6.07 Å². The van der Waals surface area contributed by atoms with Gasteiger partial charge in [-0.15, -0.1) is 0 Å². The van der Waals surface area contributed by atoms with Gasteiger partial charge in [0.1, 0.15) is 0 Å². The molecule has 0 heterocycles. The molecular weight excluding hydrogens is 208 g/mol. The highest BCUT2D eigenvalue weighted by atomic mass is 14.6. The van der Waals surface area contributed by atoms with Gasteiger partial charge >= 0.3 is 0 Å². The Morgan fingerprint density at radius 2 is 1.53 bits per heavy atom. The predicted octanol–water partition coefficient (Wildman–Crippen LogP) is 3.18. The quantitative estimate of drug-likeness (QED) is 0.790. The number of nitrogens with zero attached hydrogens (tertiary/aromatic N) is 1. The van der Waals surface area contributed by atoms with Crippen LogP contribution in [0.1, 0.15) is 5.56 Å². The van der Waals surface area contributed by atoms with Crippen LogP contribution < -0.4 is 5.73 Å². The molecule has 0 spiro atoms. The van der Waals surface area contributed by atoms with Gasteiger partial charge in [0.15, 0.2) is 0 Å². The van der Waals surface area contributed by atoms with Gasteiger partial charge < -0.3 is 5.73 Å². The molecule has 0 aliphatic carbocycles. The molecule has 0 saturated carbocycles. The van der Waals surface area contributed by atoms with Crippen molar-refractivity contribution in [2.24, 2.45) is 5.73 Å². The van der Waals surface area contributed by atoms with E-state index >= 15 is 0 Å². The molecule has 17 heavy (non-hydrogen) atoms. The first kappa shape index (κ1) is 11.0. The highest BCUT2D eigenvalue weighted by Gasteiger charge is 1.98. The van der Waals surface area contributed by atoms with Crippen molar-refractivity contribution >= 4 is 5.70 Å². The molecular formula is C15H12N2. The van der Waals surface area contributed by atoms with E-state index in [2.05, 4.69) is 12.1 Å². The molecule has 0 aliphatic rings. The van der Waals surface area contributed by atoms with E-state index in [0.717, 1.165) is 11.1 Å². The molecule has 0 bridgehead atoms. The maximum Gasteiger partial charge on any atom is 0.0933 e. The molecule has 0 saturated heterocycles. The minimum Gasteiger partial charge on any atom is -0.398 e. The predicted molar refractivity (Wildman–Crippen MR) is 69.7 cm³/mol. The number of hydrogen-bond acceptors (Lipinski definition) is 2. The van der Waals surface area contributed by atoms with E-state index in [1.165, 1.54) is 11.6 Å². The van der Waals surface area contributed by atoms with E-state index in [0.29, 0.717) is 5.70 Å². The molecule has 82 valence electrons. The lowest BCUT2D eigenvalue weighted by Gasteiger charge is -2.04. The fraction of sp³-hybridized carbons (Fsp3) is 0. The Morgan fingerprint density at radius 3 is 2.12 bits per heavy atom. The van der Waals surface area contributed by atoms with Crippen LogP contribution in [-0.2, 0) is 0 Å². The van der Waals surface area contributed by atoms with Gasteiger partial charge in [-0.05, 0) is 16.7 Å². The average Bonchev–Trinajstić information content (AvgIpc) is 2.40. The molecule has 0 unspecified atom stereocenters. The van der Waals surface area contributed by atoms with E-state index in [9.17, 15) is 0 Å². The van der Waals surface area contributed by atoms with E-state index < -0.39 is 0 Å². The molecule has 0 fully saturated rings. The third-order valence-electron chi connectivity index (χ3n) is 2.55. The first-order valence-corrected chi connectivity index (χ1v) is 5.32. The molecule has 0 aromatic heterocycles. The lowest BCUT2D eigenvalue weighted by molar-refractivity contribution is 1.49. The monoisotopic (exact) mass is 220 g/mol. The van der Waals surface area contributed by atoms with Crippen molar-refractivity contribution in [1.82, 2.24) is 0 Å². The van der Waals surface area contributed by atoms with Gasteiger partial charge in [-0.25, -0.2) is 0 Å². The Labute approximate surface area is 101 Å². The molecule has 2 aromatic carbocycles. The zero-order valence-corrected chi connectivity index (χ0v) is 9.30. The van der Waals surface area contributed by atoms with Gasteiger partial charge in [0.25, 0.3) is 0 Å². The van der Waals surface area contributed by atoms with Gasteiger partial charge in [-0.2, -0.15) is 5.26 Å². The third kappa shape index (κ3) is 2.53. The Kier molecular flexibility index (Phi) is 3.23. The Balaban J connectivity index is 2.32. The highest BCUT2D eigenvalue weighted by Crippen LogP contribution is 2.20. The zero-order valence-electron chi connectivity index (χ0n) is 9.30. The van der Waals surface area contributed by atoms with Crippen LogP contribution in [0.2, 0.25) is 0 Å². The topological polar surface area (TPSA) is 49.8 Å². The Hall–Kier alpha value is -2.53. The highest BCUT2D eigenvalue weighted by molar-refractivity contribution is 5.69. The first-order chi connectivity index (χ1) is 8.31. The fourth-order valence-electron chi connectivity index (χ4n) is 1.64. The second kappa shape index (κ2) is 5.00. The van der Waals surface area contributed by atoms with Crippen LogP contribution in [0.3, 0.4) is 0 Å². The minimum absolute atomic E-state index is 0.493. The van der Waals surface area contributed by atoms with Crippen LogP contribution in [0.5, 0.6) is 0 Å². The lowest BCUT2D eigenvalue weighted by atomic mass is 10.0. The van der Waals surface area contributed by atoms with Crippen LogP contribution in [-0.4, -0.2) is 0 Å². The van der Waals surface area contributed by atoms with Crippen LogP contribution >= 0.6 is 0 Å². The fourth-order valence-corrected chi connectivity index (χ4v) is 1.64. The molecule has 0 radical (unpaired) electrons. The Morgan fingerprint density at radius 1 is 0.941 bits per heavy atom. The van der Waals surface area contributed by atoms with Gasteiger partial charge in [0.2, 0.25) is 0 Å². The van der Waals surface area contributed by atoms with Crippen molar-refractivity contribution in [3.63, 3.8) is 0 Å². The summed E-state index contributed by atoms with van der Waals surface area (Å²) in [7, 11) is 0. The number of nitriles is 1. The summed E-state index contributed by atoms with van der Waals surface area (Å²) in [5, 5.41) is 8.52. The number of hydrogen-bond donors (Lipinski definition) is 1. The molecule has 2 rings (SSSR count). The van der Waals surface area contributed by atoms with Gasteiger partial charge in [-0.1, -0.05) is 54.6 Å². The summed E-state index contributed by atoms with van der Waals surface area (Å²) in [6.45, 7) is 0. The molecule has 0 amide bonds. The van der Waals surface area contributed by atoms with Crippen LogP contribution in [0.15, 0.2) is 60.7 Å². The molecule has 2 heteroatoms. The van der Waals surface area contributed by atoms with Crippen molar-refractivity contribution < 1.29 is 0 Å². The zero-order chi connectivity index (χ0) is 12.1. The summed E-state index contributed by atoms with van der Waals surface area (Å²) in [6.07, 6.45) is 1.34. The minimum atomic E-state index is 0.493. The molecule has 0 aliphatic heterocycles. The number of nitrogens with two attached hydrogens (primary N) is 1. The van der Waals surface area contributed by atoms with Crippen molar-refractivity contribution in [3.8, 4) is 17.2 Å². The van der Waals surface area contributed by atoms with Gasteiger partial charge in [-0.3, -0.25) is 0 Å². The van der Waals surface area contributed by atoms with Crippen molar-refractivity contribution in [2.45, 2.75) is 0 Å². The summed E-state index contributed by atoms with van der Waals surface area (Å²) in [5.74, 6) is 0. The normalized spacial score (nSPS) is 10.9. The largest absolute Gasteiger partial charge is 0.398 e. The Bertz CT molecular complexity index is 560. The summed E-state index contributed by atoms with van der Waals surface area (Å²) >= 11 is 0. The summed E-state index contributed by atoms with van der Waals surface area (Å²) in [6, 6.07) is 19.9. The van der Waals surface area contributed by atoms with E-state index in [1.54, 1.807) is 0 Å². The summed E-state index contributed by atoms with van der Waals surface area (Å²) in [5.41, 5.74) is 9.40. The van der Waals surface area contributed by atoms with Crippen molar-refractivity contribution in [1.29, 1.82) is 5.26 Å². The standard InChI is InChI=1S/C15H12N2/c16-11-10-15(17)14-8-6-13(7-9-14)12-4-2-1-3-5-12/h1-10H,17H2/b15-10-. The number of allylic oxidation sites excluding steroid dienone is 1. The van der Waals surface area contributed by atoms with E-state index in [-0.39, 0.29) is 0 Å². The second-order valence-electron chi connectivity index (χ2n) is 3.67. The average molecular weight is 220 g/mol. The maximum absolute atomic E-state index is 8.52. The van der Waals surface area contributed by atoms with Crippen molar-refractivity contribution in [3.05, 3.63) is 66.2 Å². The summed E-state index contributed by atoms with van der Waals surface area (Å²) < 4.78 is 0. The van der Waals surface area contributed by atoms with Crippen LogP contribution in [0, 0.1) is 11.3 Å². The van der Waals surface area contributed by atoms with Crippen LogP contribution in [0.25, 0.3) is 16.8 Å². The molecule has 2 aromatic rings. The number of benzene rings is 2. The lowest BCUT2D eigenvalue weighted by Crippen LogP contribution is -1.95. The number of rotatable bonds is 2. The van der Waals surface area contributed by atoms with Crippen LogP contribution in [0.4, 0.5) is 0 Å². The second-order valence-corrected chi connectivity index (χ2v) is 3.67. The van der Waals surface area contributed by atoms with E-state index in [1.807, 2.05) is 48.5 Å².